The van der Waals surface area contributed by atoms with E-state index < -0.39 is 5.60 Å². The number of phenols is 1. The molecule has 3 nitrogen and oxygen atoms in total. The van der Waals surface area contributed by atoms with Crippen molar-refractivity contribution in [3.8, 4) is 5.75 Å². The number of phenolic OH excluding ortho intramolecular Hbond substituents is 1. The van der Waals surface area contributed by atoms with Crippen LogP contribution in [0.5, 0.6) is 5.75 Å². The smallest absolute Gasteiger partial charge is 0.115 e. The van der Waals surface area contributed by atoms with E-state index in [-0.39, 0.29) is 5.54 Å². The third-order valence-corrected chi connectivity index (χ3v) is 6.01. The highest BCUT2D eigenvalue weighted by atomic mass is 16.3. The fourth-order valence-corrected chi connectivity index (χ4v) is 5.58. The molecule has 0 amide bonds. The predicted octanol–water partition coefficient (Wildman–Crippen LogP) is 2.87. The average Bonchev–Trinajstić information content (AvgIpc) is 2.34. The quantitative estimate of drug-likeness (QED) is 0.801. The molecule has 3 heteroatoms. The van der Waals surface area contributed by atoms with Crippen molar-refractivity contribution in [1.29, 1.82) is 0 Å². The fraction of sp³-hybridized carbons (Fsp3) is 0.667. The number of aromatic hydroxyl groups is 1. The van der Waals surface area contributed by atoms with Gasteiger partial charge >= 0.3 is 0 Å². The van der Waals surface area contributed by atoms with E-state index in [4.69, 9.17) is 0 Å². The molecule has 0 spiro atoms. The number of nitrogens with one attached hydrogen (secondary N) is 1. The molecule has 3 N–H and O–H groups in total. The summed E-state index contributed by atoms with van der Waals surface area (Å²) in [4.78, 5) is 0. The number of hydrogen-bond donors (Lipinski definition) is 3. The summed E-state index contributed by atoms with van der Waals surface area (Å²) < 4.78 is 0. The summed E-state index contributed by atoms with van der Waals surface area (Å²) in [5, 5.41) is 24.1. The summed E-state index contributed by atoms with van der Waals surface area (Å²) in [6.45, 7) is 2.88. The van der Waals surface area contributed by atoms with Crippen LogP contribution in [0.25, 0.3) is 0 Å². The number of aliphatic hydroxyl groups is 1. The fourth-order valence-electron chi connectivity index (χ4n) is 5.58. The number of aryl methyl sites for hydroxylation is 1. The van der Waals surface area contributed by atoms with Crippen molar-refractivity contribution in [1.82, 2.24) is 5.32 Å². The lowest BCUT2D eigenvalue weighted by molar-refractivity contribution is -0.142. The van der Waals surface area contributed by atoms with Crippen LogP contribution < -0.4 is 5.32 Å². The van der Waals surface area contributed by atoms with Crippen LogP contribution in [-0.2, 0) is 6.54 Å². The Labute approximate surface area is 126 Å². The van der Waals surface area contributed by atoms with Crippen LogP contribution in [0.4, 0.5) is 0 Å². The van der Waals surface area contributed by atoms with Gasteiger partial charge in [0.2, 0.25) is 0 Å². The minimum atomic E-state index is -0.402. The lowest BCUT2D eigenvalue weighted by atomic mass is 9.51. The Morgan fingerprint density at radius 3 is 2.52 bits per heavy atom. The van der Waals surface area contributed by atoms with Crippen LogP contribution in [-0.4, -0.2) is 21.4 Å². The van der Waals surface area contributed by atoms with E-state index in [0.717, 1.165) is 31.4 Å². The Morgan fingerprint density at radius 2 is 1.90 bits per heavy atom. The largest absolute Gasteiger partial charge is 0.508 e. The first-order valence-corrected chi connectivity index (χ1v) is 8.21. The highest BCUT2D eigenvalue weighted by Gasteiger charge is 2.56. The van der Waals surface area contributed by atoms with Gasteiger partial charge in [0, 0.05) is 12.1 Å². The highest BCUT2D eigenvalue weighted by Crippen LogP contribution is 2.57. The van der Waals surface area contributed by atoms with Gasteiger partial charge in [0.05, 0.1) is 5.60 Å². The Balaban J connectivity index is 1.52. The molecule has 0 aliphatic heterocycles. The first-order chi connectivity index (χ1) is 9.95. The van der Waals surface area contributed by atoms with Crippen LogP contribution in [0.3, 0.4) is 0 Å². The van der Waals surface area contributed by atoms with Crippen molar-refractivity contribution in [3.05, 3.63) is 29.3 Å². The van der Waals surface area contributed by atoms with Gasteiger partial charge in [0.1, 0.15) is 5.75 Å². The lowest BCUT2D eigenvalue weighted by Crippen LogP contribution is -2.64. The molecular formula is C18H25NO2. The number of hydrogen-bond acceptors (Lipinski definition) is 3. The molecule has 114 valence electrons. The molecule has 5 rings (SSSR count). The van der Waals surface area contributed by atoms with Crippen molar-refractivity contribution >= 4 is 0 Å². The summed E-state index contributed by atoms with van der Waals surface area (Å²) in [6, 6.07) is 5.59. The second-order valence-electron chi connectivity index (χ2n) is 7.93. The molecule has 2 unspecified atom stereocenters. The number of benzene rings is 1. The third kappa shape index (κ3) is 2.36. The van der Waals surface area contributed by atoms with Crippen molar-refractivity contribution in [2.24, 2.45) is 11.8 Å². The summed E-state index contributed by atoms with van der Waals surface area (Å²) in [5.41, 5.74) is 2.12. The molecule has 0 radical (unpaired) electrons. The topological polar surface area (TPSA) is 52.5 Å². The molecule has 4 bridgehead atoms. The molecule has 0 saturated heterocycles. The normalized spacial score (nSPS) is 40.7. The first-order valence-electron chi connectivity index (χ1n) is 8.21. The highest BCUT2D eigenvalue weighted by molar-refractivity contribution is 5.34. The SMILES string of the molecule is Cc1cc(O)ccc1CNC12CC3CC(CC(O)(C3)C1)C2. The monoisotopic (exact) mass is 287 g/mol. The van der Waals surface area contributed by atoms with Crippen LogP contribution in [0, 0.1) is 18.8 Å². The molecule has 0 heterocycles. The second kappa shape index (κ2) is 4.47. The summed E-state index contributed by atoms with van der Waals surface area (Å²) in [5.74, 6) is 1.76. The van der Waals surface area contributed by atoms with Crippen LogP contribution >= 0.6 is 0 Å². The minimum absolute atomic E-state index is 0.142. The van der Waals surface area contributed by atoms with Crippen LogP contribution in [0.1, 0.15) is 49.7 Å². The molecular weight excluding hydrogens is 262 g/mol. The maximum Gasteiger partial charge on any atom is 0.115 e. The summed E-state index contributed by atoms with van der Waals surface area (Å²) in [6.07, 6.45) is 6.73. The molecule has 2 atom stereocenters. The van der Waals surface area contributed by atoms with E-state index in [0.29, 0.717) is 17.6 Å². The molecule has 1 aromatic carbocycles. The second-order valence-corrected chi connectivity index (χ2v) is 7.93. The van der Waals surface area contributed by atoms with Gasteiger partial charge in [-0.1, -0.05) is 6.07 Å². The third-order valence-electron chi connectivity index (χ3n) is 6.01. The maximum atomic E-state index is 10.8. The Morgan fingerprint density at radius 1 is 1.19 bits per heavy atom. The van der Waals surface area contributed by atoms with Crippen molar-refractivity contribution in [3.63, 3.8) is 0 Å². The molecule has 21 heavy (non-hydrogen) atoms. The number of rotatable bonds is 3. The van der Waals surface area contributed by atoms with Crippen molar-refractivity contribution < 1.29 is 10.2 Å². The van der Waals surface area contributed by atoms with Gasteiger partial charge in [-0.05, 0) is 80.5 Å². The summed E-state index contributed by atoms with van der Waals surface area (Å²) in [7, 11) is 0. The molecule has 4 aliphatic rings. The van der Waals surface area contributed by atoms with E-state index in [9.17, 15) is 10.2 Å². The molecule has 1 aromatic rings. The minimum Gasteiger partial charge on any atom is -0.508 e. The van der Waals surface area contributed by atoms with Gasteiger partial charge in [0.15, 0.2) is 0 Å². The van der Waals surface area contributed by atoms with Crippen LogP contribution in [0.15, 0.2) is 18.2 Å². The van der Waals surface area contributed by atoms with Gasteiger partial charge in [0.25, 0.3) is 0 Å². The molecule has 4 saturated carbocycles. The van der Waals surface area contributed by atoms with Gasteiger partial charge in [-0.2, -0.15) is 0 Å². The van der Waals surface area contributed by atoms with Gasteiger partial charge in [-0.3, -0.25) is 0 Å². The Hall–Kier alpha value is -1.06. The maximum absolute atomic E-state index is 10.8. The Bertz CT molecular complexity index is 554. The van der Waals surface area contributed by atoms with E-state index in [2.05, 4.69) is 5.32 Å². The zero-order valence-corrected chi connectivity index (χ0v) is 12.7. The van der Waals surface area contributed by atoms with E-state index >= 15 is 0 Å². The lowest BCUT2D eigenvalue weighted by Gasteiger charge is -2.60. The average molecular weight is 287 g/mol. The van der Waals surface area contributed by atoms with Crippen molar-refractivity contribution in [2.75, 3.05) is 0 Å². The zero-order valence-electron chi connectivity index (χ0n) is 12.7. The molecule has 4 aliphatic carbocycles. The Kier molecular flexibility index (Phi) is 2.89. The summed E-state index contributed by atoms with van der Waals surface area (Å²) >= 11 is 0. The standard InChI is InChI=1S/C18H25NO2/c1-12-4-16(20)3-2-15(12)10-19-17-6-13-5-14(7-17)9-18(21,8-13)11-17/h2-4,13-14,19-21H,5-11H2,1H3. The molecule has 0 aromatic heterocycles. The van der Waals surface area contributed by atoms with Gasteiger partial charge in [-0.15, -0.1) is 0 Å². The van der Waals surface area contributed by atoms with Gasteiger partial charge < -0.3 is 15.5 Å². The first kappa shape index (κ1) is 13.6. The van der Waals surface area contributed by atoms with Crippen LogP contribution in [0.2, 0.25) is 0 Å². The predicted molar refractivity (Wildman–Crippen MR) is 82.0 cm³/mol. The van der Waals surface area contributed by atoms with Crippen molar-refractivity contribution in [2.45, 2.75) is 63.1 Å². The van der Waals surface area contributed by atoms with E-state index in [1.54, 1.807) is 6.07 Å². The van der Waals surface area contributed by atoms with E-state index in [1.807, 2.05) is 19.1 Å². The molecule has 4 fully saturated rings. The van der Waals surface area contributed by atoms with Gasteiger partial charge in [-0.25, -0.2) is 0 Å². The zero-order chi connectivity index (χ0) is 14.7. The van der Waals surface area contributed by atoms with E-state index in [1.165, 1.54) is 24.8 Å².